The quantitative estimate of drug-likeness (QED) is 0.588. The van der Waals surface area contributed by atoms with Crippen molar-refractivity contribution >= 4 is 31.0 Å². The minimum Gasteiger partial charge on any atom is -0.393 e. The molecule has 0 heterocycles. The van der Waals surface area contributed by atoms with Crippen LogP contribution in [0.5, 0.6) is 0 Å². The summed E-state index contributed by atoms with van der Waals surface area (Å²) in [7, 11) is 0. The van der Waals surface area contributed by atoms with Crippen LogP contribution in [0.15, 0.2) is 0 Å². The lowest BCUT2D eigenvalue weighted by atomic mass is 9.44. The maximum absolute atomic E-state index is 12.4. The van der Waals surface area contributed by atoms with Gasteiger partial charge in [-0.25, -0.2) is 0 Å². The molecule has 4 saturated carbocycles. The van der Waals surface area contributed by atoms with Crippen LogP contribution in [0.1, 0.15) is 65.7 Å². The molecule has 142 valence electrons. The van der Waals surface area contributed by atoms with Crippen molar-refractivity contribution in [3.05, 3.63) is 0 Å². The maximum Gasteiger partial charge on any atom is 0.134 e. The molecule has 0 aromatic rings. The Bertz CT molecular complexity index is 566. The third-order valence-electron chi connectivity index (χ3n) is 9.12. The van der Waals surface area contributed by atoms with Gasteiger partial charge in [0.05, 0.1) is 6.10 Å². The molecule has 0 saturated heterocycles. The summed E-state index contributed by atoms with van der Waals surface area (Å²) in [5.41, 5.74) is 0.445. The molecule has 0 aromatic carbocycles. The first-order chi connectivity index (χ1) is 11.7. The van der Waals surface area contributed by atoms with E-state index in [1.807, 2.05) is 0 Å². The number of carbonyl (C=O) groups is 1. The van der Waals surface area contributed by atoms with Crippen LogP contribution in [-0.2, 0) is 4.79 Å². The number of thiol groups is 2. The highest BCUT2D eigenvalue weighted by Gasteiger charge is 2.63. The molecule has 0 aromatic heterocycles. The Hall–Kier alpha value is 0.330. The first-order valence-electron chi connectivity index (χ1n) is 10.2. The summed E-state index contributed by atoms with van der Waals surface area (Å²) in [5.74, 6) is 3.03. The minimum absolute atomic E-state index is 0.124. The van der Waals surface area contributed by atoms with Gasteiger partial charge in [-0.2, -0.15) is 25.3 Å². The number of hydrogen-bond donors (Lipinski definition) is 3. The largest absolute Gasteiger partial charge is 0.393 e. The van der Waals surface area contributed by atoms with E-state index >= 15 is 0 Å². The monoisotopic (exact) mass is 382 g/mol. The van der Waals surface area contributed by atoms with Crippen LogP contribution in [-0.4, -0.2) is 27.5 Å². The number of rotatable bonds is 1. The van der Waals surface area contributed by atoms with Crippen molar-refractivity contribution in [1.82, 2.24) is 0 Å². The Balaban J connectivity index is 1.68. The number of aliphatic hydroxyl groups is 1. The van der Waals surface area contributed by atoms with Crippen LogP contribution in [0.4, 0.5) is 0 Å². The van der Waals surface area contributed by atoms with E-state index in [-0.39, 0.29) is 22.7 Å². The number of hydrogen-bond acceptors (Lipinski definition) is 4. The van der Waals surface area contributed by atoms with Gasteiger partial charge in [-0.3, -0.25) is 4.79 Å². The number of aliphatic hydroxyl groups excluding tert-OH is 1. The average Bonchev–Trinajstić information content (AvgIpc) is 2.80. The summed E-state index contributed by atoms with van der Waals surface area (Å²) in [6.07, 6.45) is 7.55. The highest BCUT2D eigenvalue weighted by Crippen LogP contribution is 2.68. The molecule has 4 fully saturated rings. The van der Waals surface area contributed by atoms with Crippen molar-refractivity contribution in [1.29, 1.82) is 0 Å². The standard InChI is InChI=1S/C21H34O2S2/c1-11(22)19-18(25)10-15-13-9-17(24)16-8-12(23)4-6-20(16,2)14(13)5-7-21(15,19)3/h12-19,23-25H,4-10H2,1-3H3/t12-,13+,14-,15-,16+,17-,18+,19-,20+,21-/m0/s1. The third kappa shape index (κ3) is 2.60. The summed E-state index contributed by atoms with van der Waals surface area (Å²) in [4.78, 5) is 12.4. The van der Waals surface area contributed by atoms with Gasteiger partial charge in [-0.05, 0) is 86.4 Å². The molecule has 0 bridgehead atoms. The Morgan fingerprint density at radius 1 is 0.920 bits per heavy atom. The zero-order chi connectivity index (χ0) is 18.1. The minimum atomic E-state index is -0.131. The molecule has 1 N–H and O–H groups in total. The Morgan fingerprint density at radius 2 is 1.60 bits per heavy atom. The molecule has 4 aliphatic rings. The second-order valence-electron chi connectivity index (χ2n) is 10.2. The fourth-order valence-corrected chi connectivity index (χ4v) is 9.51. The van der Waals surface area contributed by atoms with Crippen molar-refractivity contribution in [2.75, 3.05) is 0 Å². The van der Waals surface area contributed by atoms with E-state index in [2.05, 4.69) is 13.8 Å². The lowest BCUT2D eigenvalue weighted by Crippen LogP contribution is -2.57. The van der Waals surface area contributed by atoms with Gasteiger partial charge in [-0.1, -0.05) is 13.8 Å². The van der Waals surface area contributed by atoms with Gasteiger partial charge >= 0.3 is 0 Å². The van der Waals surface area contributed by atoms with E-state index in [1.165, 1.54) is 12.8 Å². The van der Waals surface area contributed by atoms with Crippen molar-refractivity contribution in [3.8, 4) is 0 Å². The van der Waals surface area contributed by atoms with Gasteiger partial charge < -0.3 is 5.11 Å². The van der Waals surface area contributed by atoms with E-state index < -0.39 is 0 Å². The Kier molecular flexibility index (Phi) is 4.61. The van der Waals surface area contributed by atoms with Gasteiger partial charge in [0.1, 0.15) is 5.78 Å². The SMILES string of the molecule is CC(=O)[C@H]1[C@H](S)C[C@H]2[C@@H]3C[C@H](S)[C@H]4C[C@@H](O)CC[C@]4(C)[C@H]3CC[C@@]21C. The number of Topliss-reactive ketones (excluding diaryl/α,β-unsaturated/α-hetero) is 1. The van der Waals surface area contributed by atoms with Gasteiger partial charge in [0, 0.05) is 16.4 Å². The smallest absolute Gasteiger partial charge is 0.134 e. The van der Waals surface area contributed by atoms with Crippen LogP contribution in [0.3, 0.4) is 0 Å². The predicted molar refractivity (Wildman–Crippen MR) is 108 cm³/mol. The molecular weight excluding hydrogens is 348 g/mol. The van der Waals surface area contributed by atoms with Crippen molar-refractivity contribution in [3.63, 3.8) is 0 Å². The summed E-state index contributed by atoms with van der Waals surface area (Å²) in [6, 6.07) is 0. The molecule has 0 amide bonds. The second kappa shape index (κ2) is 6.17. The van der Waals surface area contributed by atoms with Crippen molar-refractivity contribution in [2.45, 2.75) is 82.3 Å². The van der Waals surface area contributed by atoms with Gasteiger partial charge in [-0.15, -0.1) is 0 Å². The fraction of sp³-hybridized carbons (Fsp3) is 0.952. The molecule has 0 aliphatic heterocycles. The molecule has 0 spiro atoms. The molecule has 4 rings (SSSR count). The molecular formula is C21H34O2S2. The van der Waals surface area contributed by atoms with E-state index in [0.29, 0.717) is 34.2 Å². The normalized spacial score (nSPS) is 58.2. The molecule has 4 heteroatoms. The van der Waals surface area contributed by atoms with Crippen LogP contribution in [0, 0.1) is 40.4 Å². The van der Waals surface area contributed by atoms with Gasteiger partial charge in [0.2, 0.25) is 0 Å². The van der Waals surface area contributed by atoms with Crippen LogP contribution in [0.25, 0.3) is 0 Å². The van der Waals surface area contributed by atoms with Gasteiger partial charge in [0.25, 0.3) is 0 Å². The molecule has 10 atom stereocenters. The Labute approximate surface area is 163 Å². The van der Waals surface area contributed by atoms with E-state index in [4.69, 9.17) is 25.3 Å². The summed E-state index contributed by atoms with van der Waals surface area (Å²) in [5, 5.41) is 10.8. The van der Waals surface area contributed by atoms with E-state index in [0.717, 1.165) is 38.0 Å². The topological polar surface area (TPSA) is 37.3 Å². The molecule has 0 radical (unpaired) electrons. The van der Waals surface area contributed by atoms with E-state index in [9.17, 15) is 9.90 Å². The highest BCUT2D eigenvalue weighted by atomic mass is 32.1. The summed E-state index contributed by atoms with van der Waals surface area (Å²) < 4.78 is 0. The first kappa shape index (κ1) is 18.7. The average molecular weight is 383 g/mol. The molecule has 25 heavy (non-hydrogen) atoms. The predicted octanol–water partition coefficient (Wildman–Crippen LogP) is 4.41. The molecule has 2 nitrogen and oxygen atoms in total. The second-order valence-corrected chi connectivity index (χ2v) is 11.5. The lowest BCUT2D eigenvalue weighted by molar-refractivity contribution is -0.136. The van der Waals surface area contributed by atoms with Crippen LogP contribution < -0.4 is 0 Å². The zero-order valence-electron chi connectivity index (χ0n) is 15.8. The van der Waals surface area contributed by atoms with Crippen LogP contribution in [0.2, 0.25) is 0 Å². The third-order valence-corrected chi connectivity index (χ3v) is 10.2. The lowest BCUT2D eigenvalue weighted by Gasteiger charge is -2.62. The number of fused-ring (bicyclic) bond motifs is 5. The number of ketones is 1. The number of carbonyl (C=O) groups excluding carboxylic acids is 1. The first-order valence-corrected chi connectivity index (χ1v) is 11.3. The zero-order valence-corrected chi connectivity index (χ0v) is 17.6. The van der Waals surface area contributed by atoms with E-state index in [1.54, 1.807) is 6.92 Å². The maximum atomic E-state index is 12.4. The highest BCUT2D eigenvalue weighted by molar-refractivity contribution is 7.81. The van der Waals surface area contributed by atoms with Gasteiger partial charge in [0.15, 0.2) is 0 Å². The van der Waals surface area contributed by atoms with Crippen molar-refractivity contribution in [2.24, 2.45) is 40.4 Å². The Morgan fingerprint density at radius 3 is 2.28 bits per heavy atom. The summed E-state index contributed by atoms with van der Waals surface area (Å²) >= 11 is 9.91. The molecule has 4 aliphatic carbocycles. The fourth-order valence-electron chi connectivity index (χ4n) is 8.03. The van der Waals surface area contributed by atoms with Crippen LogP contribution >= 0.6 is 25.3 Å². The van der Waals surface area contributed by atoms with Crippen molar-refractivity contribution < 1.29 is 9.90 Å². The molecule has 0 unspecified atom stereocenters. The summed E-state index contributed by atoms with van der Waals surface area (Å²) in [6.45, 7) is 6.64.